The molecule has 0 radical (unpaired) electrons. The SMILES string of the molecule is CCCCCCCCCCCOCCNC1CCCCC1. The van der Waals surface area contributed by atoms with Gasteiger partial charge in [-0.25, -0.2) is 0 Å². The molecule has 1 aliphatic carbocycles. The van der Waals surface area contributed by atoms with Crippen LogP contribution in [0.1, 0.15) is 96.8 Å². The Bertz CT molecular complexity index is 202. The van der Waals surface area contributed by atoms with E-state index in [2.05, 4.69) is 12.2 Å². The third-order valence-electron chi connectivity index (χ3n) is 4.68. The maximum absolute atomic E-state index is 5.72. The number of unbranched alkanes of at least 4 members (excludes halogenated alkanes) is 8. The second kappa shape index (κ2) is 14.8. The van der Waals surface area contributed by atoms with Crippen molar-refractivity contribution < 1.29 is 4.74 Å². The molecule has 0 aromatic heterocycles. The fourth-order valence-corrected chi connectivity index (χ4v) is 3.26. The maximum atomic E-state index is 5.72. The van der Waals surface area contributed by atoms with Crippen LogP contribution in [0.25, 0.3) is 0 Å². The van der Waals surface area contributed by atoms with Gasteiger partial charge in [-0.15, -0.1) is 0 Å². The lowest BCUT2D eigenvalue weighted by atomic mass is 9.96. The van der Waals surface area contributed by atoms with Gasteiger partial charge in [0, 0.05) is 19.2 Å². The van der Waals surface area contributed by atoms with Crippen LogP contribution in [0.2, 0.25) is 0 Å². The number of rotatable bonds is 14. The van der Waals surface area contributed by atoms with Gasteiger partial charge in [0.1, 0.15) is 0 Å². The molecule has 1 aliphatic rings. The van der Waals surface area contributed by atoms with Crippen molar-refractivity contribution in [1.82, 2.24) is 5.32 Å². The zero-order chi connectivity index (χ0) is 15.0. The average Bonchev–Trinajstić information content (AvgIpc) is 2.53. The summed E-state index contributed by atoms with van der Waals surface area (Å²) >= 11 is 0. The smallest absolute Gasteiger partial charge is 0.0590 e. The predicted molar refractivity (Wildman–Crippen MR) is 92.9 cm³/mol. The standard InChI is InChI=1S/C19H39NO/c1-2-3-4-5-6-7-8-9-13-17-21-18-16-20-19-14-11-10-12-15-19/h19-20H,2-18H2,1H3. The van der Waals surface area contributed by atoms with E-state index in [0.29, 0.717) is 0 Å². The van der Waals surface area contributed by atoms with Crippen molar-refractivity contribution in [2.75, 3.05) is 19.8 Å². The molecular weight excluding hydrogens is 258 g/mol. The van der Waals surface area contributed by atoms with E-state index in [1.165, 1.54) is 89.9 Å². The Morgan fingerprint density at radius 1 is 0.762 bits per heavy atom. The molecule has 0 aromatic carbocycles. The normalized spacial score (nSPS) is 16.4. The van der Waals surface area contributed by atoms with E-state index in [1.54, 1.807) is 0 Å². The highest BCUT2D eigenvalue weighted by molar-refractivity contribution is 4.71. The molecule has 0 spiro atoms. The number of ether oxygens (including phenoxy) is 1. The summed E-state index contributed by atoms with van der Waals surface area (Å²) in [6, 6.07) is 0.773. The lowest BCUT2D eigenvalue weighted by Crippen LogP contribution is -2.33. The molecule has 0 saturated heterocycles. The molecule has 0 heterocycles. The summed E-state index contributed by atoms with van der Waals surface area (Å²) in [5, 5.41) is 3.63. The second-order valence-corrected chi connectivity index (χ2v) is 6.73. The molecule has 0 atom stereocenters. The minimum absolute atomic E-state index is 0.773. The van der Waals surface area contributed by atoms with Gasteiger partial charge < -0.3 is 10.1 Å². The van der Waals surface area contributed by atoms with Crippen molar-refractivity contribution in [3.8, 4) is 0 Å². The van der Waals surface area contributed by atoms with Crippen LogP contribution in [0.4, 0.5) is 0 Å². The highest BCUT2D eigenvalue weighted by atomic mass is 16.5. The van der Waals surface area contributed by atoms with Crippen molar-refractivity contribution in [1.29, 1.82) is 0 Å². The third kappa shape index (κ3) is 12.2. The van der Waals surface area contributed by atoms with E-state index < -0.39 is 0 Å². The van der Waals surface area contributed by atoms with Gasteiger partial charge in [-0.1, -0.05) is 77.6 Å². The Hall–Kier alpha value is -0.0800. The number of hydrogen-bond donors (Lipinski definition) is 1. The van der Waals surface area contributed by atoms with Crippen LogP contribution < -0.4 is 5.32 Å². The van der Waals surface area contributed by atoms with Gasteiger partial charge in [0.05, 0.1) is 6.61 Å². The van der Waals surface area contributed by atoms with Gasteiger partial charge in [0.2, 0.25) is 0 Å². The first-order valence-electron chi connectivity index (χ1n) is 9.74. The van der Waals surface area contributed by atoms with Crippen LogP contribution >= 0.6 is 0 Å². The van der Waals surface area contributed by atoms with Crippen LogP contribution in [0.15, 0.2) is 0 Å². The molecule has 1 fully saturated rings. The van der Waals surface area contributed by atoms with E-state index in [-0.39, 0.29) is 0 Å². The van der Waals surface area contributed by atoms with Crippen LogP contribution in [-0.2, 0) is 4.74 Å². The summed E-state index contributed by atoms with van der Waals surface area (Å²) in [5.74, 6) is 0. The number of nitrogens with one attached hydrogen (secondary N) is 1. The zero-order valence-corrected chi connectivity index (χ0v) is 14.5. The monoisotopic (exact) mass is 297 g/mol. The lowest BCUT2D eigenvalue weighted by Gasteiger charge is -2.22. The molecule has 126 valence electrons. The summed E-state index contributed by atoms with van der Waals surface area (Å²) in [4.78, 5) is 0. The quantitative estimate of drug-likeness (QED) is 0.430. The van der Waals surface area contributed by atoms with Crippen LogP contribution in [-0.4, -0.2) is 25.8 Å². The minimum atomic E-state index is 0.773. The summed E-state index contributed by atoms with van der Waals surface area (Å²) in [6.07, 6.45) is 19.5. The Morgan fingerprint density at radius 3 is 2.05 bits per heavy atom. The summed E-state index contributed by atoms with van der Waals surface area (Å²) in [5.41, 5.74) is 0. The topological polar surface area (TPSA) is 21.3 Å². The van der Waals surface area contributed by atoms with E-state index in [4.69, 9.17) is 4.74 Å². The molecule has 0 amide bonds. The van der Waals surface area contributed by atoms with Gasteiger partial charge in [0.25, 0.3) is 0 Å². The van der Waals surface area contributed by atoms with Crippen LogP contribution in [0.5, 0.6) is 0 Å². The first-order valence-corrected chi connectivity index (χ1v) is 9.74. The fraction of sp³-hybridized carbons (Fsp3) is 1.00. The van der Waals surface area contributed by atoms with Gasteiger partial charge in [0.15, 0.2) is 0 Å². The molecule has 21 heavy (non-hydrogen) atoms. The highest BCUT2D eigenvalue weighted by Crippen LogP contribution is 2.17. The molecule has 0 unspecified atom stereocenters. The van der Waals surface area contributed by atoms with Crippen molar-refractivity contribution in [2.45, 2.75) is 103 Å². The Morgan fingerprint density at radius 2 is 1.38 bits per heavy atom. The Labute approximate surface area is 133 Å². The molecule has 1 saturated carbocycles. The first-order chi connectivity index (χ1) is 10.4. The molecule has 0 bridgehead atoms. The summed E-state index contributed by atoms with van der Waals surface area (Å²) in [7, 11) is 0. The Kier molecular flexibility index (Phi) is 13.4. The molecular formula is C19H39NO. The average molecular weight is 298 g/mol. The fourth-order valence-electron chi connectivity index (χ4n) is 3.26. The minimum Gasteiger partial charge on any atom is -0.380 e. The lowest BCUT2D eigenvalue weighted by molar-refractivity contribution is 0.128. The third-order valence-corrected chi connectivity index (χ3v) is 4.68. The van der Waals surface area contributed by atoms with E-state index >= 15 is 0 Å². The molecule has 1 rings (SSSR count). The van der Waals surface area contributed by atoms with Gasteiger partial charge in [-0.3, -0.25) is 0 Å². The summed E-state index contributed by atoms with van der Waals surface area (Å²) < 4.78 is 5.72. The van der Waals surface area contributed by atoms with E-state index in [1.807, 2.05) is 0 Å². The molecule has 2 nitrogen and oxygen atoms in total. The molecule has 0 aromatic rings. The van der Waals surface area contributed by atoms with Crippen LogP contribution in [0, 0.1) is 0 Å². The number of hydrogen-bond acceptors (Lipinski definition) is 2. The predicted octanol–water partition coefficient (Wildman–Crippen LogP) is 5.46. The first kappa shape index (κ1) is 19.0. The second-order valence-electron chi connectivity index (χ2n) is 6.73. The zero-order valence-electron chi connectivity index (χ0n) is 14.5. The van der Waals surface area contributed by atoms with Crippen molar-refractivity contribution in [2.24, 2.45) is 0 Å². The largest absolute Gasteiger partial charge is 0.380 e. The highest BCUT2D eigenvalue weighted by Gasteiger charge is 2.11. The Balaban J connectivity index is 1.69. The summed E-state index contributed by atoms with van der Waals surface area (Å²) in [6.45, 7) is 5.18. The maximum Gasteiger partial charge on any atom is 0.0590 e. The van der Waals surface area contributed by atoms with Gasteiger partial charge >= 0.3 is 0 Å². The van der Waals surface area contributed by atoms with Crippen molar-refractivity contribution in [3.63, 3.8) is 0 Å². The molecule has 2 heteroatoms. The van der Waals surface area contributed by atoms with Gasteiger partial charge in [-0.2, -0.15) is 0 Å². The van der Waals surface area contributed by atoms with E-state index in [9.17, 15) is 0 Å². The van der Waals surface area contributed by atoms with E-state index in [0.717, 1.165) is 25.8 Å². The van der Waals surface area contributed by atoms with Gasteiger partial charge in [-0.05, 0) is 19.3 Å². The molecule has 0 aliphatic heterocycles. The molecule has 1 N–H and O–H groups in total. The van der Waals surface area contributed by atoms with Crippen molar-refractivity contribution >= 4 is 0 Å². The van der Waals surface area contributed by atoms with Crippen LogP contribution in [0.3, 0.4) is 0 Å². The van der Waals surface area contributed by atoms with Crippen molar-refractivity contribution in [3.05, 3.63) is 0 Å².